The highest BCUT2D eigenvalue weighted by Crippen LogP contribution is 2.27. The smallest absolute Gasteiger partial charge is 0.0602 e. The van der Waals surface area contributed by atoms with Crippen molar-refractivity contribution in [1.29, 1.82) is 0 Å². The van der Waals surface area contributed by atoms with E-state index in [4.69, 9.17) is 0 Å². The molecule has 2 fully saturated rings. The fraction of sp³-hybridized carbons (Fsp3) is 0.857. The van der Waals surface area contributed by atoms with Gasteiger partial charge in [-0.15, -0.1) is 5.92 Å². The third-order valence-corrected chi connectivity index (χ3v) is 3.99. The molecule has 2 rings (SSSR count). The molecule has 1 aliphatic carbocycles. The molecule has 0 radical (unpaired) electrons. The van der Waals surface area contributed by atoms with Crippen LogP contribution in [0.2, 0.25) is 0 Å². The van der Waals surface area contributed by atoms with Gasteiger partial charge < -0.3 is 5.32 Å². The minimum atomic E-state index is 0.729. The quantitative estimate of drug-likeness (QED) is 0.715. The summed E-state index contributed by atoms with van der Waals surface area (Å²) in [6.45, 7) is 6.41. The van der Waals surface area contributed by atoms with E-state index >= 15 is 0 Å². The van der Waals surface area contributed by atoms with Crippen molar-refractivity contribution in [2.24, 2.45) is 5.92 Å². The highest BCUT2D eigenvalue weighted by molar-refractivity contribution is 4.99. The number of rotatable bonds is 2. The average Bonchev–Trinajstić information content (AvgIpc) is 2.38. The van der Waals surface area contributed by atoms with Crippen LogP contribution in [0.3, 0.4) is 0 Å². The molecule has 1 atom stereocenters. The molecule has 1 heterocycles. The van der Waals surface area contributed by atoms with Crippen molar-refractivity contribution >= 4 is 0 Å². The third kappa shape index (κ3) is 3.23. The molecule has 1 saturated carbocycles. The van der Waals surface area contributed by atoms with Gasteiger partial charge in [-0.1, -0.05) is 25.2 Å². The van der Waals surface area contributed by atoms with Gasteiger partial charge in [-0.2, -0.15) is 0 Å². The Kier molecular flexibility index (Phi) is 4.69. The molecule has 1 N–H and O–H groups in total. The van der Waals surface area contributed by atoms with E-state index in [9.17, 15) is 0 Å². The first kappa shape index (κ1) is 12.0. The van der Waals surface area contributed by atoms with Crippen LogP contribution in [0.5, 0.6) is 0 Å². The summed E-state index contributed by atoms with van der Waals surface area (Å²) in [6.07, 6.45) is 7.21. The van der Waals surface area contributed by atoms with Crippen LogP contribution in [0.15, 0.2) is 0 Å². The van der Waals surface area contributed by atoms with Crippen LogP contribution in [0.25, 0.3) is 0 Å². The number of nitrogens with zero attached hydrogens (tertiary/aromatic N) is 1. The van der Waals surface area contributed by atoms with E-state index in [-0.39, 0.29) is 0 Å². The van der Waals surface area contributed by atoms with Crippen molar-refractivity contribution in [1.82, 2.24) is 10.2 Å². The second-order valence-electron chi connectivity index (χ2n) is 5.12. The Morgan fingerprint density at radius 2 is 2.06 bits per heavy atom. The topological polar surface area (TPSA) is 15.3 Å². The first-order chi connectivity index (χ1) is 7.90. The molecular formula is C14H24N2. The number of nitrogens with one attached hydrogen (secondary N) is 1. The Morgan fingerprint density at radius 1 is 1.25 bits per heavy atom. The number of piperazine rings is 1. The SMILES string of the molecule is CC#CCN1CCNC(C2CCCCC2)C1. The van der Waals surface area contributed by atoms with Gasteiger partial charge in [-0.05, 0) is 25.7 Å². The van der Waals surface area contributed by atoms with Crippen LogP contribution in [0.1, 0.15) is 39.0 Å². The Bertz CT molecular complexity index is 258. The fourth-order valence-corrected chi connectivity index (χ4v) is 3.03. The summed E-state index contributed by atoms with van der Waals surface area (Å²) in [5.74, 6) is 7.11. The zero-order chi connectivity index (χ0) is 11.2. The maximum Gasteiger partial charge on any atom is 0.0602 e. The Hall–Kier alpha value is -0.520. The third-order valence-electron chi connectivity index (χ3n) is 3.99. The molecule has 16 heavy (non-hydrogen) atoms. The molecule has 2 nitrogen and oxygen atoms in total. The molecule has 0 aromatic carbocycles. The van der Waals surface area contributed by atoms with E-state index in [1.54, 1.807) is 0 Å². The van der Waals surface area contributed by atoms with Crippen molar-refractivity contribution in [3.63, 3.8) is 0 Å². The number of hydrogen-bond acceptors (Lipinski definition) is 2. The lowest BCUT2D eigenvalue weighted by atomic mass is 9.83. The van der Waals surface area contributed by atoms with Gasteiger partial charge in [0.25, 0.3) is 0 Å². The minimum absolute atomic E-state index is 0.729. The highest BCUT2D eigenvalue weighted by Gasteiger charge is 2.27. The molecule has 2 heteroatoms. The van der Waals surface area contributed by atoms with E-state index in [1.807, 2.05) is 6.92 Å². The predicted octanol–water partition coefficient (Wildman–Crippen LogP) is 1.86. The van der Waals surface area contributed by atoms with Crippen LogP contribution in [0, 0.1) is 17.8 Å². The average molecular weight is 220 g/mol. The molecule has 0 aromatic heterocycles. The van der Waals surface area contributed by atoms with Gasteiger partial charge in [0.2, 0.25) is 0 Å². The normalized spacial score (nSPS) is 28.4. The van der Waals surface area contributed by atoms with Gasteiger partial charge in [0, 0.05) is 25.7 Å². The largest absolute Gasteiger partial charge is 0.311 e. The predicted molar refractivity (Wildman–Crippen MR) is 68.3 cm³/mol. The van der Waals surface area contributed by atoms with Crippen LogP contribution in [0.4, 0.5) is 0 Å². The van der Waals surface area contributed by atoms with E-state index < -0.39 is 0 Å². The summed E-state index contributed by atoms with van der Waals surface area (Å²) < 4.78 is 0. The van der Waals surface area contributed by atoms with Crippen molar-refractivity contribution in [3.8, 4) is 11.8 Å². The zero-order valence-corrected chi connectivity index (χ0v) is 10.5. The van der Waals surface area contributed by atoms with E-state index in [1.165, 1.54) is 38.6 Å². The standard InChI is InChI=1S/C14H24N2/c1-2-3-10-16-11-9-15-14(12-16)13-7-5-4-6-8-13/h13-15H,4-12H2,1H3. The molecule has 0 spiro atoms. The molecule has 1 unspecified atom stereocenters. The summed E-state index contributed by atoms with van der Waals surface area (Å²) >= 11 is 0. The van der Waals surface area contributed by atoms with Gasteiger partial charge in [0.15, 0.2) is 0 Å². The Balaban J connectivity index is 1.82. The van der Waals surface area contributed by atoms with Gasteiger partial charge in [0.05, 0.1) is 6.54 Å². The van der Waals surface area contributed by atoms with Crippen molar-refractivity contribution < 1.29 is 0 Å². The van der Waals surface area contributed by atoms with Crippen molar-refractivity contribution in [2.75, 3.05) is 26.2 Å². The first-order valence-corrected chi connectivity index (χ1v) is 6.75. The Morgan fingerprint density at radius 3 is 2.81 bits per heavy atom. The lowest BCUT2D eigenvalue weighted by Crippen LogP contribution is -2.54. The Labute approximate surface area is 99.8 Å². The number of hydrogen-bond donors (Lipinski definition) is 1. The molecule has 0 aromatic rings. The molecule has 2 aliphatic rings. The lowest BCUT2D eigenvalue weighted by molar-refractivity contribution is 0.158. The summed E-state index contributed by atoms with van der Waals surface area (Å²) in [5, 5.41) is 3.71. The van der Waals surface area contributed by atoms with Gasteiger partial charge in [0.1, 0.15) is 0 Å². The molecule has 1 saturated heterocycles. The molecular weight excluding hydrogens is 196 g/mol. The second kappa shape index (κ2) is 6.27. The zero-order valence-electron chi connectivity index (χ0n) is 10.5. The molecule has 1 aliphatic heterocycles. The summed E-state index contributed by atoms with van der Waals surface area (Å²) in [6, 6.07) is 0.729. The minimum Gasteiger partial charge on any atom is -0.311 e. The maximum absolute atomic E-state index is 3.71. The van der Waals surface area contributed by atoms with Crippen molar-refractivity contribution in [3.05, 3.63) is 0 Å². The van der Waals surface area contributed by atoms with Crippen LogP contribution < -0.4 is 5.32 Å². The maximum atomic E-state index is 3.71. The fourth-order valence-electron chi connectivity index (χ4n) is 3.03. The van der Waals surface area contributed by atoms with Crippen LogP contribution >= 0.6 is 0 Å². The molecule has 0 bridgehead atoms. The van der Waals surface area contributed by atoms with Crippen LogP contribution in [-0.4, -0.2) is 37.1 Å². The lowest BCUT2D eigenvalue weighted by Gasteiger charge is -2.38. The van der Waals surface area contributed by atoms with E-state index in [0.717, 1.165) is 31.6 Å². The van der Waals surface area contributed by atoms with E-state index in [2.05, 4.69) is 22.1 Å². The van der Waals surface area contributed by atoms with E-state index in [0.29, 0.717) is 0 Å². The molecule has 0 amide bonds. The van der Waals surface area contributed by atoms with Gasteiger partial charge in [-0.3, -0.25) is 4.90 Å². The van der Waals surface area contributed by atoms with Gasteiger partial charge >= 0.3 is 0 Å². The summed E-state index contributed by atoms with van der Waals surface area (Å²) in [7, 11) is 0. The monoisotopic (exact) mass is 220 g/mol. The first-order valence-electron chi connectivity index (χ1n) is 6.75. The highest BCUT2D eigenvalue weighted by atomic mass is 15.2. The molecule has 90 valence electrons. The summed E-state index contributed by atoms with van der Waals surface area (Å²) in [4.78, 5) is 2.51. The van der Waals surface area contributed by atoms with Crippen molar-refractivity contribution in [2.45, 2.75) is 45.1 Å². The summed E-state index contributed by atoms with van der Waals surface area (Å²) in [5.41, 5.74) is 0. The van der Waals surface area contributed by atoms with Gasteiger partial charge in [-0.25, -0.2) is 0 Å². The van der Waals surface area contributed by atoms with Crippen LogP contribution in [-0.2, 0) is 0 Å². The second-order valence-corrected chi connectivity index (χ2v) is 5.12.